The van der Waals surface area contributed by atoms with Gasteiger partial charge in [0, 0.05) is 5.25 Å². The van der Waals surface area contributed by atoms with Gasteiger partial charge in [-0.1, -0.05) is 13.8 Å². The molecule has 0 amide bonds. The van der Waals surface area contributed by atoms with Crippen molar-refractivity contribution in [2.24, 2.45) is 4.40 Å². The lowest BCUT2D eigenvalue weighted by Crippen LogP contribution is -1.79. The minimum absolute atomic E-state index is 0.524. The Morgan fingerprint density at radius 3 is 2.43 bits per heavy atom. The molecular weight excluding hydrogens is 126 g/mol. The normalized spacial score (nSPS) is 8.43. The summed E-state index contributed by atoms with van der Waals surface area (Å²) in [5.41, 5.74) is 0. The van der Waals surface area contributed by atoms with Gasteiger partial charge in [0.25, 0.3) is 0 Å². The van der Waals surface area contributed by atoms with Crippen LogP contribution in [-0.2, 0) is 0 Å². The van der Waals surface area contributed by atoms with Gasteiger partial charge in [-0.05, 0) is 24.2 Å². The monoisotopic (exact) mass is 133 g/mol. The second kappa shape index (κ2) is 4.31. The van der Waals surface area contributed by atoms with E-state index in [4.69, 9.17) is 0 Å². The first-order chi connectivity index (χ1) is 3.27. The summed E-state index contributed by atoms with van der Waals surface area (Å²) < 4.78 is 3.65. The van der Waals surface area contributed by atoms with Gasteiger partial charge in [-0.2, -0.15) is 4.40 Å². The molecule has 0 rings (SSSR count). The largest absolute Gasteiger partial charge is 0.161 e. The lowest BCUT2D eigenvalue weighted by atomic mass is 10.6. The van der Waals surface area contributed by atoms with Crippen LogP contribution in [0.5, 0.6) is 0 Å². The Hall–Kier alpha value is 0.150. The van der Waals surface area contributed by atoms with Crippen molar-refractivity contribution in [3.8, 4) is 0 Å². The van der Waals surface area contributed by atoms with E-state index in [0.717, 1.165) is 0 Å². The smallest absolute Gasteiger partial charge is 0.0718 e. The fraction of sp³-hybridized carbons (Fsp3) is 0.750. The van der Waals surface area contributed by atoms with Crippen molar-refractivity contribution in [2.75, 3.05) is 0 Å². The zero-order valence-electron chi connectivity index (χ0n) is 4.34. The van der Waals surface area contributed by atoms with E-state index in [0.29, 0.717) is 5.25 Å². The Kier molecular flexibility index (Phi) is 4.41. The van der Waals surface area contributed by atoms with Crippen LogP contribution >= 0.6 is 24.2 Å². The highest BCUT2D eigenvalue weighted by Crippen LogP contribution is 2.07. The molecule has 3 heteroatoms. The van der Waals surface area contributed by atoms with Crippen molar-refractivity contribution in [1.29, 1.82) is 0 Å². The van der Waals surface area contributed by atoms with Gasteiger partial charge in [-0.15, -0.1) is 0 Å². The molecule has 0 spiro atoms. The van der Waals surface area contributed by atoms with Crippen LogP contribution in [0, 0.1) is 0 Å². The number of rotatable bonds is 2. The fourth-order valence-corrected chi connectivity index (χ4v) is 0.510. The molecule has 0 radical (unpaired) electrons. The third-order valence-electron chi connectivity index (χ3n) is 0.301. The van der Waals surface area contributed by atoms with Crippen molar-refractivity contribution in [3.05, 3.63) is 0 Å². The first-order valence-electron chi connectivity index (χ1n) is 2.00. The van der Waals surface area contributed by atoms with Crippen LogP contribution in [0.3, 0.4) is 0 Å². The van der Waals surface area contributed by atoms with Gasteiger partial charge in [0.15, 0.2) is 0 Å². The van der Waals surface area contributed by atoms with Gasteiger partial charge in [0.1, 0.15) is 0 Å². The van der Waals surface area contributed by atoms with Crippen LogP contribution in [-0.4, -0.2) is 10.4 Å². The minimum Gasteiger partial charge on any atom is -0.161 e. The number of thiocarbonyl (C=S) groups is 1. The third kappa shape index (κ3) is 6.15. The summed E-state index contributed by atoms with van der Waals surface area (Å²) in [5, 5.41) is 2.79. The summed E-state index contributed by atoms with van der Waals surface area (Å²) in [4.78, 5) is 0. The van der Waals surface area contributed by atoms with Crippen molar-refractivity contribution in [2.45, 2.75) is 19.1 Å². The molecule has 1 nitrogen and oxygen atoms in total. The van der Waals surface area contributed by atoms with Gasteiger partial charge < -0.3 is 0 Å². The average molecular weight is 133 g/mol. The molecule has 7 heavy (non-hydrogen) atoms. The summed E-state index contributed by atoms with van der Waals surface area (Å²) in [6.45, 7) is 4.11. The lowest BCUT2D eigenvalue weighted by molar-refractivity contribution is 1.11. The fourth-order valence-electron chi connectivity index (χ4n) is 0.127. The van der Waals surface area contributed by atoms with Crippen LogP contribution in [0.1, 0.15) is 13.8 Å². The Balaban J connectivity index is 3.13. The SMILES string of the molecule is CC(C)SN=C=S. The Labute approximate surface area is 53.3 Å². The molecule has 0 heterocycles. The van der Waals surface area contributed by atoms with Gasteiger partial charge in [0.2, 0.25) is 0 Å². The van der Waals surface area contributed by atoms with E-state index in [9.17, 15) is 0 Å². The average Bonchev–Trinajstić information content (AvgIpc) is 1.61. The van der Waals surface area contributed by atoms with Crippen molar-refractivity contribution in [1.82, 2.24) is 0 Å². The predicted molar refractivity (Wildman–Crippen MR) is 37.8 cm³/mol. The third-order valence-corrected chi connectivity index (χ3v) is 1.13. The summed E-state index contributed by atoms with van der Waals surface area (Å²) in [5.74, 6) is 0. The van der Waals surface area contributed by atoms with Gasteiger partial charge in [0.05, 0.1) is 5.16 Å². The van der Waals surface area contributed by atoms with E-state index in [1.807, 2.05) is 0 Å². The predicted octanol–water partition coefficient (Wildman–Crippen LogP) is 2.15. The lowest BCUT2D eigenvalue weighted by Gasteiger charge is -1.90. The van der Waals surface area contributed by atoms with Gasteiger partial charge in [-0.25, -0.2) is 0 Å². The molecule has 0 aliphatic carbocycles. The van der Waals surface area contributed by atoms with E-state index in [-0.39, 0.29) is 0 Å². The second-order valence-corrected chi connectivity index (χ2v) is 2.86. The number of nitrogens with zero attached hydrogens (tertiary/aromatic N) is 1. The summed E-state index contributed by atoms with van der Waals surface area (Å²) in [6.07, 6.45) is 0. The van der Waals surface area contributed by atoms with Crippen molar-refractivity contribution >= 4 is 29.3 Å². The standard InChI is InChI=1S/C4H7NS2/c1-4(2)7-5-3-6/h4H,1-2H3. The molecule has 0 aromatic heterocycles. The quantitative estimate of drug-likeness (QED) is 0.325. The molecule has 0 aromatic carbocycles. The topological polar surface area (TPSA) is 12.4 Å². The molecule has 0 saturated carbocycles. The first kappa shape index (κ1) is 7.15. The molecule has 0 N–H and O–H groups in total. The molecule has 0 fully saturated rings. The van der Waals surface area contributed by atoms with E-state index < -0.39 is 0 Å². The second-order valence-electron chi connectivity index (χ2n) is 1.34. The molecule has 40 valence electrons. The van der Waals surface area contributed by atoms with Crippen LogP contribution in [0.25, 0.3) is 0 Å². The molecule has 0 aliphatic heterocycles. The maximum absolute atomic E-state index is 4.33. The Morgan fingerprint density at radius 1 is 1.71 bits per heavy atom. The maximum Gasteiger partial charge on any atom is 0.0718 e. The van der Waals surface area contributed by atoms with E-state index in [2.05, 4.69) is 35.6 Å². The highest BCUT2D eigenvalue weighted by atomic mass is 32.2. The highest BCUT2D eigenvalue weighted by Gasteiger charge is 1.86. The molecule has 0 unspecified atom stereocenters. The summed E-state index contributed by atoms with van der Waals surface area (Å²) in [7, 11) is 0. The molecule has 0 aromatic rings. The van der Waals surface area contributed by atoms with Crippen LogP contribution in [0.2, 0.25) is 0 Å². The van der Waals surface area contributed by atoms with Crippen LogP contribution < -0.4 is 0 Å². The minimum atomic E-state index is 0.524. The highest BCUT2D eigenvalue weighted by molar-refractivity contribution is 7.99. The van der Waals surface area contributed by atoms with Crippen LogP contribution in [0.4, 0.5) is 0 Å². The van der Waals surface area contributed by atoms with Crippen LogP contribution in [0.15, 0.2) is 4.40 Å². The van der Waals surface area contributed by atoms with E-state index in [1.165, 1.54) is 11.9 Å². The molecule has 0 aliphatic rings. The number of isothiocyanates is 1. The van der Waals surface area contributed by atoms with Crippen molar-refractivity contribution in [3.63, 3.8) is 0 Å². The Bertz CT molecular complexity index is 83.7. The Morgan fingerprint density at radius 2 is 2.29 bits per heavy atom. The number of hydrogen-bond acceptors (Lipinski definition) is 3. The summed E-state index contributed by atoms with van der Waals surface area (Å²) >= 11 is 5.77. The van der Waals surface area contributed by atoms with Crippen molar-refractivity contribution < 1.29 is 0 Å². The number of hydrogen-bond donors (Lipinski definition) is 0. The molecule has 0 atom stereocenters. The van der Waals surface area contributed by atoms with Gasteiger partial charge >= 0.3 is 0 Å². The molecule has 0 saturated heterocycles. The van der Waals surface area contributed by atoms with E-state index in [1.54, 1.807) is 0 Å². The first-order valence-corrected chi connectivity index (χ1v) is 3.25. The molecule has 0 bridgehead atoms. The summed E-state index contributed by atoms with van der Waals surface area (Å²) in [6, 6.07) is 0. The zero-order valence-corrected chi connectivity index (χ0v) is 5.97. The van der Waals surface area contributed by atoms with E-state index >= 15 is 0 Å². The van der Waals surface area contributed by atoms with Gasteiger partial charge in [-0.3, -0.25) is 0 Å². The zero-order chi connectivity index (χ0) is 5.70. The molecular formula is C4H7NS2. The maximum atomic E-state index is 4.33.